The lowest BCUT2D eigenvalue weighted by Gasteiger charge is -2.37. The maximum Gasteiger partial charge on any atom is 0.319 e. The fraction of sp³-hybridized carbons (Fsp3) is 0.524. The molecule has 4 heterocycles. The van der Waals surface area contributed by atoms with E-state index in [2.05, 4.69) is 19.9 Å². The third-order valence-electron chi connectivity index (χ3n) is 6.45. The van der Waals surface area contributed by atoms with Crippen molar-refractivity contribution in [2.24, 2.45) is 0 Å². The minimum absolute atomic E-state index is 0.125. The van der Waals surface area contributed by atoms with Crippen LogP contribution in [-0.4, -0.2) is 96.3 Å². The van der Waals surface area contributed by atoms with Crippen molar-refractivity contribution in [2.75, 3.05) is 51.8 Å². The van der Waals surface area contributed by atoms with Gasteiger partial charge in [-0.15, -0.1) is 10.2 Å². The van der Waals surface area contributed by atoms with Gasteiger partial charge >= 0.3 is 6.03 Å². The van der Waals surface area contributed by atoms with Crippen LogP contribution in [0.3, 0.4) is 0 Å². The van der Waals surface area contributed by atoms with Crippen LogP contribution in [0.15, 0.2) is 23.4 Å². The molecule has 5 rings (SSSR count). The molecule has 200 valence electrons. The number of amides is 2. The lowest BCUT2D eigenvalue weighted by atomic mass is 10.2. The van der Waals surface area contributed by atoms with Gasteiger partial charge in [0.1, 0.15) is 17.3 Å². The van der Waals surface area contributed by atoms with E-state index in [-0.39, 0.29) is 15.9 Å². The SMILES string of the molecule is CN(C)C(=O)N1CCN(c2cc(S(=O)(=O)NC3(CF)CC3)cn3c(-c4nnc(C(F)F)s4)cnc23)CC1. The number of hydrogen-bond donors (Lipinski definition) is 1. The summed E-state index contributed by atoms with van der Waals surface area (Å²) < 4.78 is 70.3. The molecule has 1 N–H and O–H groups in total. The molecule has 37 heavy (non-hydrogen) atoms. The second kappa shape index (κ2) is 9.40. The summed E-state index contributed by atoms with van der Waals surface area (Å²) in [5.74, 6) is 0. The molecule has 1 saturated heterocycles. The highest BCUT2D eigenvalue weighted by Crippen LogP contribution is 2.38. The van der Waals surface area contributed by atoms with Crippen LogP contribution in [0.5, 0.6) is 0 Å². The smallest absolute Gasteiger partial charge is 0.319 e. The fourth-order valence-corrected chi connectivity index (χ4v) is 6.35. The van der Waals surface area contributed by atoms with E-state index < -0.39 is 33.7 Å². The first-order chi connectivity index (χ1) is 17.5. The third-order valence-corrected chi connectivity index (χ3v) is 8.95. The summed E-state index contributed by atoms with van der Waals surface area (Å²) in [6, 6.07) is 1.34. The van der Waals surface area contributed by atoms with Gasteiger partial charge in [0.05, 0.1) is 17.4 Å². The molecule has 0 spiro atoms. The van der Waals surface area contributed by atoms with Gasteiger partial charge in [-0.05, 0) is 18.9 Å². The van der Waals surface area contributed by atoms with Gasteiger partial charge in [-0.2, -0.15) is 0 Å². The number of nitrogens with zero attached hydrogens (tertiary/aromatic N) is 7. The molecule has 11 nitrogen and oxygen atoms in total. The van der Waals surface area contributed by atoms with Gasteiger partial charge in [-0.25, -0.2) is 36.1 Å². The Kier molecular flexibility index (Phi) is 6.52. The summed E-state index contributed by atoms with van der Waals surface area (Å²) >= 11 is 0.688. The van der Waals surface area contributed by atoms with Gasteiger partial charge in [0, 0.05) is 46.5 Å². The Morgan fingerprint density at radius 1 is 1.22 bits per heavy atom. The topological polar surface area (TPSA) is 116 Å². The van der Waals surface area contributed by atoms with E-state index in [1.807, 2.05) is 4.90 Å². The van der Waals surface area contributed by atoms with Crippen molar-refractivity contribution in [3.05, 3.63) is 23.5 Å². The van der Waals surface area contributed by atoms with E-state index >= 15 is 0 Å². The number of urea groups is 1. The molecule has 1 aliphatic carbocycles. The number of aromatic nitrogens is 4. The molecule has 3 aromatic heterocycles. The summed E-state index contributed by atoms with van der Waals surface area (Å²) in [5.41, 5.74) is 0.0669. The highest BCUT2D eigenvalue weighted by Gasteiger charge is 2.46. The van der Waals surface area contributed by atoms with Crippen LogP contribution in [0.2, 0.25) is 0 Å². The number of nitrogens with one attached hydrogen (secondary N) is 1. The molecule has 1 aliphatic heterocycles. The van der Waals surface area contributed by atoms with Gasteiger partial charge in [-0.1, -0.05) is 11.3 Å². The van der Waals surface area contributed by atoms with Gasteiger partial charge in [-0.3, -0.25) is 4.40 Å². The average molecular weight is 559 g/mol. The van der Waals surface area contributed by atoms with Crippen molar-refractivity contribution in [3.63, 3.8) is 0 Å². The maximum absolute atomic E-state index is 13.5. The van der Waals surface area contributed by atoms with Crippen LogP contribution < -0.4 is 9.62 Å². The first-order valence-corrected chi connectivity index (χ1v) is 13.8. The Hall–Kier alpha value is -2.98. The van der Waals surface area contributed by atoms with Crippen molar-refractivity contribution in [2.45, 2.75) is 29.7 Å². The van der Waals surface area contributed by atoms with Crippen molar-refractivity contribution in [3.8, 4) is 10.7 Å². The molecule has 0 bridgehead atoms. The second-order valence-electron chi connectivity index (χ2n) is 9.31. The Labute approximate surface area is 214 Å². The number of imidazole rings is 1. The standard InChI is InChI=1S/C21H25F3N8O3S2/c1-29(2)20(33)31-7-5-30(6-8-31)14-9-13(37(34,35)28-21(12-22)3-4-21)11-32-15(10-25-17(14)32)18-26-27-19(36-18)16(23)24/h9-11,16,28H,3-8,12H2,1-2H3. The van der Waals surface area contributed by atoms with Crippen molar-refractivity contribution in [1.82, 2.24) is 34.1 Å². The first kappa shape index (κ1) is 25.7. The number of carbonyl (C=O) groups is 1. The molecule has 3 aromatic rings. The van der Waals surface area contributed by atoms with Crippen molar-refractivity contribution >= 4 is 38.7 Å². The number of carbonyl (C=O) groups excluding carboxylic acids is 1. The summed E-state index contributed by atoms with van der Waals surface area (Å²) in [6.07, 6.45) is 0.758. The zero-order valence-corrected chi connectivity index (χ0v) is 21.7. The van der Waals surface area contributed by atoms with E-state index in [1.54, 1.807) is 19.0 Å². The predicted molar refractivity (Wildman–Crippen MR) is 130 cm³/mol. The summed E-state index contributed by atoms with van der Waals surface area (Å²) in [6.45, 7) is 0.825. The molecule has 0 radical (unpaired) electrons. The number of piperazine rings is 1. The van der Waals surface area contributed by atoms with Gasteiger partial charge in [0.25, 0.3) is 6.43 Å². The molecule has 0 aromatic carbocycles. The lowest BCUT2D eigenvalue weighted by molar-refractivity contribution is 0.150. The minimum atomic E-state index is -4.13. The average Bonchev–Trinajstić information content (AvgIpc) is 3.26. The van der Waals surface area contributed by atoms with E-state index in [4.69, 9.17) is 0 Å². The Balaban J connectivity index is 1.57. The van der Waals surface area contributed by atoms with Crippen LogP contribution in [0.25, 0.3) is 16.3 Å². The molecule has 2 amide bonds. The number of sulfonamides is 1. The van der Waals surface area contributed by atoms with Crippen LogP contribution >= 0.6 is 11.3 Å². The largest absolute Gasteiger partial charge is 0.365 e. The first-order valence-electron chi connectivity index (χ1n) is 11.5. The van der Waals surface area contributed by atoms with Crippen molar-refractivity contribution in [1.29, 1.82) is 0 Å². The molecule has 0 atom stereocenters. The van der Waals surface area contributed by atoms with Crippen LogP contribution in [0.1, 0.15) is 24.3 Å². The zero-order chi connectivity index (χ0) is 26.5. The number of pyridine rings is 1. The van der Waals surface area contributed by atoms with Gasteiger partial charge in [0.15, 0.2) is 15.7 Å². The number of fused-ring (bicyclic) bond motifs is 1. The van der Waals surface area contributed by atoms with Gasteiger partial charge in [0.2, 0.25) is 10.0 Å². The molecule has 0 unspecified atom stereocenters. The fourth-order valence-electron chi connectivity index (χ4n) is 4.19. The quantitative estimate of drug-likeness (QED) is 0.473. The Bertz CT molecular complexity index is 1430. The van der Waals surface area contributed by atoms with Crippen molar-refractivity contribution < 1.29 is 26.4 Å². The molecular weight excluding hydrogens is 533 g/mol. The highest BCUT2D eigenvalue weighted by atomic mass is 32.2. The normalized spacial score (nSPS) is 17.6. The number of anilines is 1. The number of hydrogen-bond acceptors (Lipinski definition) is 8. The summed E-state index contributed by atoms with van der Waals surface area (Å²) in [4.78, 5) is 21.8. The van der Waals surface area contributed by atoms with E-state index in [0.717, 1.165) is 0 Å². The molecule has 16 heteroatoms. The molecule has 1 saturated carbocycles. The molecule has 2 fully saturated rings. The summed E-state index contributed by atoms with van der Waals surface area (Å²) in [5, 5.41) is 7.06. The number of rotatable bonds is 7. The van der Waals surface area contributed by atoms with Gasteiger partial charge < -0.3 is 14.7 Å². The Morgan fingerprint density at radius 2 is 1.92 bits per heavy atom. The number of alkyl halides is 3. The van der Waals surface area contributed by atoms with Crippen LogP contribution in [0.4, 0.5) is 23.7 Å². The monoisotopic (exact) mass is 558 g/mol. The summed E-state index contributed by atoms with van der Waals surface area (Å²) in [7, 11) is -0.791. The van der Waals surface area contributed by atoms with E-state index in [1.165, 1.54) is 27.8 Å². The third kappa shape index (κ3) is 4.84. The maximum atomic E-state index is 13.5. The highest BCUT2D eigenvalue weighted by molar-refractivity contribution is 7.89. The minimum Gasteiger partial charge on any atom is -0.365 e. The number of halogens is 3. The van der Waals surface area contributed by atoms with Crippen LogP contribution in [0, 0.1) is 0 Å². The Morgan fingerprint density at radius 3 is 2.49 bits per heavy atom. The van der Waals surface area contributed by atoms with E-state index in [0.29, 0.717) is 67.4 Å². The molecule has 2 aliphatic rings. The zero-order valence-electron chi connectivity index (χ0n) is 20.1. The molecular formula is C21H25F3N8O3S2. The lowest BCUT2D eigenvalue weighted by Crippen LogP contribution is -2.51. The van der Waals surface area contributed by atoms with E-state index in [9.17, 15) is 26.4 Å². The van der Waals surface area contributed by atoms with Crippen LogP contribution in [-0.2, 0) is 10.0 Å². The predicted octanol–water partition coefficient (Wildman–Crippen LogP) is 2.37. The second-order valence-corrected chi connectivity index (χ2v) is 12.0.